The predicted molar refractivity (Wildman–Crippen MR) is 69.5 cm³/mol. The maximum absolute atomic E-state index is 10.3. The molecule has 0 amide bonds. The Kier molecular flexibility index (Phi) is 3.31. The minimum Gasteiger partial charge on any atom is -0.389 e. The Morgan fingerprint density at radius 1 is 1.53 bits per heavy atom. The molecule has 0 bridgehead atoms. The van der Waals surface area contributed by atoms with Crippen LogP contribution in [0, 0.1) is 0 Å². The van der Waals surface area contributed by atoms with Crippen molar-refractivity contribution >= 4 is 11.3 Å². The highest BCUT2D eigenvalue weighted by molar-refractivity contribution is 7.09. The molecule has 1 aliphatic carbocycles. The number of aliphatic hydroxyl groups is 1. The molecule has 0 atom stereocenters. The van der Waals surface area contributed by atoms with Crippen LogP contribution >= 0.6 is 11.3 Å². The first-order valence-corrected chi connectivity index (χ1v) is 6.90. The van der Waals surface area contributed by atoms with Gasteiger partial charge < -0.3 is 9.84 Å². The molecular weight excluding hydrogens is 234 g/mol. The van der Waals surface area contributed by atoms with E-state index in [1.54, 1.807) is 18.4 Å². The summed E-state index contributed by atoms with van der Waals surface area (Å²) in [5.74, 6) is 0. The standard InChI is InChI=1S/C13H21NO2S/c1-12(2,3)10-8-17-11(14-10)7-13(15)5-9(6-13)16-4/h8-9,15H,5-7H2,1-4H3. The summed E-state index contributed by atoms with van der Waals surface area (Å²) >= 11 is 1.65. The lowest BCUT2D eigenvalue weighted by atomic mass is 9.75. The molecule has 1 aliphatic rings. The van der Waals surface area contributed by atoms with Crippen molar-refractivity contribution in [2.24, 2.45) is 0 Å². The summed E-state index contributed by atoms with van der Waals surface area (Å²) in [5, 5.41) is 13.4. The molecule has 1 saturated carbocycles. The molecule has 1 heterocycles. The second-order valence-electron chi connectivity index (χ2n) is 6.04. The molecule has 3 nitrogen and oxygen atoms in total. The third kappa shape index (κ3) is 2.87. The van der Waals surface area contributed by atoms with E-state index in [9.17, 15) is 5.11 Å². The lowest BCUT2D eigenvalue weighted by Gasteiger charge is -2.42. The van der Waals surface area contributed by atoms with Crippen LogP contribution in [0.1, 0.15) is 44.3 Å². The fraction of sp³-hybridized carbons (Fsp3) is 0.769. The number of thiazole rings is 1. The van der Waals surface area contributed by atoms with E-state index in [1.807, 2.05) is 0 Å². The van der Waals surface area contributed by atoms with Gasteiger partial charge in [0.2, 0.25) is 0 Å². The van der Waals surface area contributed by atoms with E-state index in [-0.39, 0.29) is 11.5 Å². The molecule has 0 radical (unpaired) electrons. The fourth-order valence-corrected chi connectivity index (χ4v) is 3.27. The number of hydrogen-bond donors (Lipinski definition) is 1. The van der Waals surface area contributed by atoms with E-state index in [2.05, 4.69) is 31.1 Å². The van der Waals surface area contributed by atoms with Crippen molar-refractivity contribution in [2.45, 2.75) is 57.2 Å². The summed E-state index contributed by atoms with van der Waals surface area (Å²) in [4.78, 5) is 4.62. The maximum Gasteiger partial charge on any atom is 0.0957 e. The molecule has 2 rings (SSSR count). The zero-order valence-electron chi connectivity index (χ0n) is 11.0. The first-order chi connectivity index (χ1) is 7.82. The summed E-state index contributed by atoms with van der Waals surface area (Å²) in [6.07, 6.45) is 2.34. The smallest absolute Gasteiger partial charge is 0.0957 e. The molecule has 0 aromatic carbocycles. The molecule has 4 heteroatoms. The van der Waals surface area contributed by atoms with Crippen LogP contribution in [0.5, 0.6) is 0 Å². The summed E-state index contributed by atoms with van der Waals surface area (Å²) in [5.41, 5.74) is 0.614. The van der Waals surface area contributed by atoms with Crippen molar-refractivity contribution in [2.75, 3.05) is 7.11 Å². The Labute approximate surface area is 107 Å². The highest BCUT2D eigenvalue weighted by atomic mass is 32.1. The highest BCUT2D eigenvalue weighted by Gasteiger charge is 2.43. The largest absolute Gasteiger partial charge is 0.389 e. The SMILES string of the molecule is COC1CC(O)(Cc2nc(C(C)(C)C)cs2)C1. The molecular formula is C13H21NO2S. The second kappa shape index (κ2) is 4.34. The van der Waals surface area contributed by atoms with Gasteiger partial charge in [-0.05, 0) is 0 Å². The molecule has 0 spiro atoms. The van der Waals surface area contributed by atoms with Gasteiger partial charge in [0.25, 0.3) is 0 Å². The van der Waals surface area contributed by atoms with Crippen molar-refractivity contribution in [1.82, 2.24) is 4.98 Å². The first-order valence-electron chi connectivity index (χ1n) is 6.02. The third-order valence-electron chi connectivity index (χ3n) is 3.35. The zero-order valence-corrected chi connectivity index (χ0v) is 11.8. The van der Waals surface area contributed by atoms with Crippen LogP contribution in [0.4, 0.5) is 0 Å². The monoisotopic (exact) mass is 255 g/mol. The normalized spacial score (nSPS) is 29.1. The Balaban J connectivity index is 1.99. The summed E-state index contributed by atoms with van der Waals surface area (Å²) in [7, 11) is 1.70. The van der Waals surface area contributed by atoms with E-state index >= 15 is 0 Å². The van der Waals surface area contributed by atoms with Gasteiger partial charge in [0.1, 0.15) is 0 Å². The van der Waals surface area contributed by atoms with E-state index in [1.165, 1.54) is 0 Å². The van der Waals surface area contributed by atoms with Gasteiger partial charge in [-0.25, -0.2) is 4.98 Å². The summed E-state index contributed by atoms with van der Waals surface area (Å²) < 4.78 is 5.20. The van der Waals surface area contributed by atoms with Gasteiger partial charge in [-0.1, -0.05) is 20.8 Å². The molecule has 1 aromatic rings. The second-order valence-corrected chi connectivity index (χ2v) is 6.99. The van der Waals surface area contributed by atoms with E-state index in [0.717, 1.165) is 23.5 Å². The van der Waals surface area contributed by atoms with Gasteiger partial charge in [0.05, 0.1) is 22.4 Å². The van der Waals surface area contributed by atoms with Gasteiger partial charge in [-0.15, -0.1) is 11.3 Å². The van der Waals surface area contributed by atoms with E-state index < -0.39 is 5.60 Å². The Morgan fingerprint density at radius 3 is 2.65 bits per heavy atom. The Morgan fingerprint density at radius 2 is 2.18 bits per heavy atom. The van der Waals surface area contributed by atoms with Crippen LogP contribution in [0.3, 0.4) is 0 Å². The topological polar surface area (TPSA) is 42.4 Å². The minimum atomic E-state index is -0.590. The number of ether oxygens (including phenoxy) is 1. The van der Waals surface area contributed by atoms with Gasteiger partial charge in [0, 0.05) is 37.2 Å². The van der Waals surface area contributed by atoms with Crippen molar-refractivity contribution in [3.05, 3.63) is 16.1 Å². The highest BCUT2D eigenvalue weighted by Crippen LogP contribution is 2.38. The van der Waals surface area contributed by atoms with Crippen molar-refractivity contribution in [3.8, 4) is 0 Å². The number of rotatable bonds is 3. The van der Waals surface area contributed by atoms with Crippen LogP contribution in [0.2, 0.25) is 0 Å². The lowest BCUT2D eigenvalue weighted by molar-refractivity contribution is -0.126. The number of methoxy groups -OCH3 is 1. The van der Waals surface area contributed by atoms with Gasteiger partial charge in [-0.2, -0.15) is 0 Å². The Hall–Kier alpha value is -0.450. The molecule has 96 valence electrons. The molecule has 0 aliphatic heterocycles. The molecule has 17 heavy (non-hydrogen) atoms. The molecule has 1 N–H and O–H groups in total. The van der Waals surface area contributed by atoms with Crippen LogP contribution in [0.25, 0.3) is 0 Å². The molecule has 1 aromatic heterocycles. The molecule has 1 fully saturated rings. The van der Waals surface area contributed by atoms with Crippen LogP contribution in [0.15, 0.2) is 5.38 Å². The van der Waals surface area contributed by atoms with Gasteiger partial charge >= 0.3 is 0 Å². The van der Waals surface area contributed by atoms with Crippen LogP contribution in [-0.2, 0) is 16.6 Å². The zero-order chi connectivity index (χ0) is 12.7. The van der Waals surface area contributed by atoms with Gasteiger partial charge in [-0.3, -0.25) is 0 Å². The van der Waals surface area contributed by atoms with Crippen LogP contribution in [-0.4, -0.2) is 28.9 Å². The minimum absolute atomic E-state index is 0.0893. The average molecular weight is 255 g/mol. The molecule has 0 unspecified atom stereocenters. The van der Waals surface area contributed by atoms with E-state index in [4.69, 9.17) is 4.74 Å². The van der Waals surface area contributed by atoms with Crippen molar-refractivity contribution in [3.63, 3.8) is 0 Å². The van der Waals surface area contributed by atoms with E-state index in [0.29, 0.717) is 6.42 Å². The number of nitrogens with zero attached hydrogens (tertiary/aromatic N) is 1. The quantitative estimate of drug-likeness (QED) is 0.902. The fourth-order valence-electron chi connectivity index (χ4n) is 2.12. The maximum atomic E-state index is 10.3. The third-order valence-corrected chi connectivity index (χ3v) is 4.20. The average Bonchev–Trinajstić information content (AvgIpc) is 2.61. The van der Waals surface area contributed by atoms with Crippen molar-refractivity contribution < 1.29 is 9.84 Å². The number of hydrogen-bond acceptors (Lipinski definition) is 4. The predicted octanol–water partition coefficient (Wildman–Crippen LogP) is 2.52. The summed E-state index contributed by atoms with van der Waals surface area (Å²) in [6, 6.07) is 0. The number of aromatic nitrogens is 1. The van der Waals surface area contributed by atoms with Gasteiger partial charge in [0.15, 0.2) is 0 Å². The van der Waals surface area contributed by atoms with Crippen molar-refractivity contribution in [1.29, 1.82) is 0 Å². The first kappa shape index (κ1) is 13.0. The Bertz CT molecular complexity index is 388. The summed E-state index contributed by atoms with van der Waals surface area (Å²) in [6.45, 7) is 6.47. The van der Waals surface area contributed by atoms with Crippen LogP contribution < -0.4 is 0 Å². The molecule has 0 saturated heterocycles. The lowest BCUT2D eigenvalue weighted by Crippen LogP contribution is -2.49.